The Morgan fingerprint density at radius 1 is 1.40 bits per heavy atom. The number of unbranched alkanes of at least 4 members (excludes halogenated alkanes) is 2. The normalized spacial score (nSPS) is 11.5. The molecule has 0 aliphatic heterocycles. The molecular weight excluding hydrogens is 138 g/mol. The third-order valence-electron chi connectivity index (χ3n) is 1.29. The van der Waals surface area contributed by atoms with Gasteiger partial charge in [0, 0.05) is 6.42 Å². The molecule has 0 saturated heterocycles. The van der Waals surface area contributed by atoms with Crippen LogP contribution in [0.2, 0.25) is 0 Å². The van der Waals surface area contributed by atoms with Crippen molar-refractivity contribution >= 4 is 6.29 Å². The van der Waals surface area contributed by atoms with Gasteiger partial charge in [-0.05, 0) is 6.42 Å². The average Bonchev–Trinajstić information content (AvgIpc) is 1.89. The van der Waals surface area contributed by atoms with Crippen LogP contribution in [0.25, 0.3) is 0 Å². The van der Waals surface area contributed by atoms with Gasteiger partial charge in [0.25, 0.3) is 0 Å². The fourth-order valence-corrected chi connectivity index (χ4v) is 0.670. The van der Waals surface area contributed by atoms with E-state index < -0.39 is 5.92 Å². The van der Waals surface area contributed by atoms with Crippen molar-refractivity contribution in [1.29, 1.82) is 0 Å². The number of carbonyl (C=O) groups excluding carboxylic acids is 1. The van der Waals surface area contributed by atoms with Crippen molar-refractivity contribution in [1.82, 2.24) is 0 Å². The third kappa shape index (κ3) is 4.41. The van der Waals surface area contributed by atoms with Crippen molar-refractivity contribution in [3.8, 4) is 0 Å². The molecule has 0 unspecified atom stereocenters. The van der Waals surface area contributed by atoms with Gasteiger partial charge < -0.3 is 0 Å². The molecule has 0 aromatic rings. The number of rotatable bonds is 5. The van der Waals surface area contributed by atoms with E-state index >= 15 is 0 Å². The maximum absolute atomic E-state index is 12.1. The fourth-order valence-electron chi connectivity index (χ4n) is 0.670. The number of alkyl halides is 2. The summed E-state index contributed by atoms with van der Waals surface area (Å²) in [6, 6.07) is 0. The van der Waals surface area contributed by atoms with Crippen LogP contribution in [0.1, 0.15) is 32.6 Å². The van der Waals surface area contributed by atoms with Crippen LogP contribution < -0.4 is 0 Å². The fraction of sp³-hybridized carbons (Fsp3) is 0.857. The van der Waals surface area contributed by atoms with Crippen molar-refractivity contribution in [2.45, 2.75) is 38.5 Å². The van der Waals surface area contributed by atoms with E-state index in [1.54, 1.807) is 0 Å². The molecule has 60 valence electrons. The number of aldehydes is 1. The first-order chi connectivity index (χ1) is 4.62. The lowest BCUT2D eigenvalue weighted by molar-refractivity contribution is -0.130. The quantitative estimate of drug-likeness (QED) is 0.434. The second-order valence-electron chi connectivity index (χ2n) is 2.34. The van der Waals surface area contributed by atoms with Crippen LogP contribution in [-0.4, -0.2) is 12.2 Å². The number of hydrogen-bond donors (Lipinski definition) is 0. The van der Waals surface area contributed by atoms with E-state index in [2.05, 4.69) is 0 Å². The van der Waals surface area contributed by atoms with Crippen LogP contribution in [0, 0.1) is 0 Å². The van der Waals surface area contributed by atoms with Gasteiger partial charge in [-0.3, -0.25) is 4.79 Å². The Morgan fingerprint density at radius 2 is 2.00 bits per heavy atom. The molecule has 0 saturated carbocycles. The summed E-state index contributed by atoms with van der Waals surface area (Å²) < 4.78 is 24.2. The van der Waals surface area contributed by atoms with Crippen molar-refractivity contribution < 1.29 is 13.6 Å². The molecule has 0 rings (SSSR count). The Balaban J connectivity index is 3.37. The largest absolute Gasteiger partial charge is 0.302 e. The molecule has 0 atom stereocenters. The molecule has 0 radical (unpaired) electrons. The molecule has 0 aliphatic rings. The maximum Gasteiger partial charge on any atom is 0.302 e. The van der Waals surface area contributed by atoms with Gasteiger partial charge in [-0.1, -0.05) is 19.8 Å². The van der Waals surface area contributed by atoms with Gasteiger partial charge in [0.15, 0.2) is 6.29 Å². The van der Waals surface area contributed by atoms with E-state index in [1.807, 2.05) is 6.92 Å². The standard InChI is InChI=1S/C7H12F2O/c1-2-3-4-5-7(8,9)6-10/h6H,2-5H2,1H3. The molecular formula is C7H12F2O. The van der Waals surface area contributed by atoms with Crippen molar-refractivity contribution in [3.05, 3.63) is 0 Å². The second-order valence-corrected chi connectivity index (χ2v) is 2.34. The molecule has 0 aromatic heterocycles. The zero-order valence-electron chi connectivity index (χ0n) is 6.07. The third-order valence-corrected chi connectivity index (χ3v) is 1.29. The molecule has 10 heavy (non-hydrogen) atoms. The van der Waals surface area contributed by atoms with Gasteiger partial charge in [0.05, 0.1) is 0 Å². The van der Waals surface area contributed by atoms with E-state index in [0.717, 1.165) is 12.8 Å². The molecule has 0 N–H and O–H groups in total. The Labute approximate surface area is 59.4 Å². The average molecular weight is 150 g/mol. The lowest BCUT2D eigenvalue weighted by Gasteiger charge is -2.06. The molecule has 1 nitrogen and oxygen atoms in total. The predicted octanol–water partition coefficient (Wildman–Crippen LogP) is 2.40. The SMILES string of the molecule is CCCCCC(F)(F)C=O. The lowest BCUT2D eigenvalue weighted by Crippen LogP contribution is -2.16. The number of halogens is 2. The summed E-state index contributed by atoms with van der Waals surface area (Å²) in [5.74, 6) is -3.09. The van der Waals surface area contributed by atoms with Crippen molar-refractivity contribution in [3.63, 3.8) is 0 Å². The van der Waals surface area contributed by atoms with E-state index in [9.17, 15) is 13.6 Å². The van der Waals surface area contributed by atoms with Gasteiger partial charge in [0.1, 0.15) is 0 Å². The highest BCUT2D eigenvalue weighted by molar-refractivity contribution is 5.59. The second kappa shape index (κ2) is 4.36. The van der Waals surface area contributed by atoms with Gasteiger partial charge in [0.2, 0.25) is 0 Å². The zero-order chi connectivity index (χ0) is 8.04. The van der Waals surface area contributed by atoms with E-state index in [-0.39, 0.29) is 12.7 Å². The van der Waals surface area contributed by atoms with Crippen molar-refractivity contribution in [2.75, 3.05) is 0 Å². The van der Waals surface area contributed by atoms with Crippen LogP contribution >= 0.6 is 0 Å². The Kier molecular flexibility index (Phi) is 4.16. The van der Waals surface area contributed by atoms with Crippen LogP contribution in [0.5, 0.6) is 0 Å². The van der Waals surface area contributed by atoms with Gasteiger partial charge in [-0.15, -0.1) is 0 Å². The highest BCUT2D eigenvalue weighted by Gasteiger charge is 2.26. The molecule has 0 aliphatic carbocycles. The molecule has 0 amide bonds. The first-order valence-corrected chi connectivity index (χ1v) is 3.46. The summed E-state index contributed by atoms with van der Waals surface area (Å²) in [6.07, 6.45) is 1.52. The molecule has 3 heteroatoms. The minimum absolute atomic E-state index is 0.275. The first-order valence-electron chi connectivity index (χ1n) is 3.46. The topological polar surface area (TPSA) is 17.1 Å². The zero-order valence-corrected chi connectivity index (χ0v) is 6.07. The predicted molar refractivity (Wildman–Crippen MR) is 35.2 cm³/mol. The van der Waals surface area contributed by atoms with Crippen LogP contribution in [0.3, 0.4) is 0 Å². The molecule has 0 fully saturated rings. The molecule has 0 aromatic carbocycles. The first kappa shape index (κ1) is 9.53. The number of hydrogen-bond acceptors (Lipinski definition) is 1. The minimum Gasteiger partial charge on any atom is -0.297 e. The van der Waals surface area contributed by atoms with Crippen LogP contribution in [0.15, 0.2) is 0 Å². The molecule has 0 spiro atoms. The Hall–Kier alpha value is -0.470. The minimum atomic E-state index is -3.09. The van der Waals surface area contributed by atoms with Crippen molar-refractivity contribution in [2.24, 2.45) is 0 Å². The summed E-state index contributed by atoms with van der Waals surface area (Å²) in [5.41, 5.74) is 0. The van der Waals surface area contributed by atoms with Crippen LogP contribution in [0.4, 0.5) is 8.78 Å². The van der Waals surface area contributed by atoms with Gasteiger partial charge >= 0.3 is 5.92 Å². The smallest absolute Gasteiger partial charge is 0.297 e. The molecule has 0 bridgehead atoms. The summed E-state index contributed by atoms with van der Waals surface area (Å²) >= 11 is 0. The monoisotopic (exact) mass is 150 g/mol. The summed E-state index contributed by atoms with van der Waals surface area (Å²) in [5, 5.41) is 0. The Bertz CT molecular complexity index is 102. The van der Waals surface area contributed by atoms with E-state index in [0.29, 0.717) is 6.42 Å². The summed E-state index contributed by atoms with van der Waals surface area (Å²) in [4.78, 5) is 9.67. The van der Waals surface area contributed by atoms with Crippen LogP contribution in [-0.2, 0) is 4.79 Å². The van der Waals surface area contributed by atoms with E-state index in [1.165, 1.54) is 0 Å². The summed E-state index contributed by atoms with van der Waals surface area (Å²) in [7, 11) is 0. The van der Waals surface area contributed by atoms with Gasteiger partial charge in [-0.25, -0.2) is 0 Å². The highest BCUT2D eigenvalue weighted by Crippen LogP contribution is 2.18. The summed E-state index contributed by atoms with van der Waals surface area (Å²) in [6.45, 7) is 1.93. The maximum atomic E-state index is 12.1. The van der Waals surface area contributed by atoms with E-state index in [4.69, 9.17) is 0 Å². The highest BCUT2D eigenvalue weighted by atomic mass is 19.3. The number of carbonyl (C=O) groups is 1. The lowest BCUT2D eigenvalue weighted by atomic mass is 10.1. The Morgan fingerprint density at radius 3 is 2.40 bits per heavy atom. The van der Waals surface area contributed by atoms with Gasteiger partial charge in [-0.2, -0.15) is 8.78 Å². The molecule has 0 heterocycles.